The van der Waals surface area contributed by atoms with Crippen LogP contribution < -0.4 is 4.74 Å². The molecule has 2 aromatic rings. The van der Waals surface area contributed by atoms with Crippen molar-refractivity contribution >= 4 is 6.09 Å². The van der Waals surface area contributed by atoms with Crippen molar-refractivity contribution in [2.24, 2.45) is 10.2 Å². The van der Waals surface area contributed by atoms with Crippen molar-refractivity contribution in [1.82, 2.24) is 0 Å². The maximum atomic E-state index is 12.8. The van der Waals surface area contributed by atoms with Gasteiger partial charge in [0.05, 0.1) is 0 Å². The molecular weight excluding hydrogens is 275 g/mol. The molecule has 2 aromatic carbocycles. The van der Waals surface area contributed by atoms with Crippen LogP contribution in [0.5, 0.6) is 5.75 Å². The van der Waals surface area contributed by atoms with Crippen molar-refractivity contribution in [3.63, 3.8) is 0 Å². The van der Waals surface area contributed by atoms with E-state index in [1.807, 2.05) is 0 Å². The first-order chi connectivity index (χ1) is 10.2. The quantitative estimate of drug-likeness (QED) is 0.853. The van der Waals surface area contributed by atoms with Crippen LogP contribution in [0, 0.1) is 5.82 Å². The summed E-state index contributed by atoms with van der Waals surface area (Å²) in [5, 5.41) is 7.00. The molecule has 0 bridgehead atoms. The molecule has 1 amide bonds. The second kappa shape index (κ2) is 5.70. The van der Waals surface area contributed by atoms with Gasteiger partial charge in [-0.1, -0.05) is 17.2 Å². The first-order valence-electron chi connectivity index (χ1n) is 6.29. The Kier molecular flexibility index (Phi) is 3.59. The second-order valence-electron chi connectivity index (χ2n) is 4.44. The summed E-state index contributed by atoms with van der Waals surface area (Å²) in [6.07, 6.45) is -1.36. The number of halogens is 1. The van der Waals surface area contributed by atoms with Gasteiger partial charge in [0.15, 0.2) is 0 Å². The molecule has 0 saturated heterocycles. The highest BCUT2D eigenvalue weighted by Crippen LogP contribution is 2.26. The summed E-state index contributed by atoms with van der Waals surface area (Å²) in [7, 11) is 0. The molecule has 1 heterocycles. The summed E-state index contributed by atoms with van der Waals surface area (Å²) in [6, 6.07) is 13.1. The van der Waals surface area contributed by atoms with E-state index in [0.29, 0.717) is 12.4 Å². The van der Waals surface area contributed by atoms with E-state index in [1.165, 1.54) is 12.1 Å². The SMILES string of the molecule is O=C1N=NC(c2ccc(OCc3ccc(F)cc3)cc2)O1. The van der Waals surface area contributed by atoms with E-state index >= 15 is 0 Å². The molecule has 0 aromatic heterocycles. The Labute approximate surface area is 120 Å². The molecule has 1 aliphatic rings. The zero-order chi connectivity index (χ0) is 14.7. The number of hydrogen-bond acceptors (Lipinski definition) is 4. The number of carbonyl (C=O) groups is 1. The van der Waals surface area contributed by atoms with Crippen molar-refractivity contribution < 1.29 is 18.7 Å². The summed E-state index contributed by atoms with van der Waals surface area (Å²) in [4.78, 5) is 10.8. The van der Waals surface area contributed by atoms with Crippen LogP contribution in [0.3, 0.4) is 0 Å². The highest BCUT2D eigenvalue weighted by atomic mass is 19.1. The largest absolute Gasteiger partial charge is 0.489 e. The summed E-state index contributed by atoms with van der Waals surface area (Å²) in [5.74, 6) is 0.382. The molecule has 21 heavy (non-hydrogen) atoms. The zero-order valence-corrected chi connectivity index (χ0v) is 10.9. The molecule has 0 saturated carbocycles. The molecule has 0 N–H and O–H groups in total. The Balaban J connectivity index is 1.61. The van der Waals surface area contributed by atoms with E-state index < -0.39 is 12.3 Å². The molecular formula is C15H11FN2O3. The van der Waals surface area contributed by atoms with E-state index in [2.05, 4.69) is 10.2 Å². The van der Waals surface area contributed by atoms with Gasteiger partial charge in [-0.3, -0.25) is 0 Å². The minimum atomic E-state index is -0.684. The summed E-state index contributed by atoms with van der Waals surface area (Å²) < 4.78 is 23.2. The average molecular weight is 286 g/mol. The molecule has 1 atom stereocenters. The van der Waals surface area contributed by atoms with Crippen LogP contribution in [-0.4, -0.2) is 6.09 Å². The minimum Gasteiger partial charge on any atom is -0.489 e. The Morgan fingerprint density at radius 3 is 2.43 bits per heavy atom. The van der Waals surface area contributed by atoms with Gasteiger partial charge < -0.3 is 9.47 Å². The van der Waals surface area contributed by atoms with Crippen LogP contribution in [0.25, 0.3) is 0 Å². The molecule has 1 aliphatic heterocycles. The van der Waals surface area contributed by atoms with E-state index in [9.17, 15) is 9.18 Å². The lowest BCUT2D eigenvalue weighted by molar-refractivity contribution is 0.133. The van der Waals surface area contributed by atoms with Crippen LogP contribution in [0.2, 0.25) is 0 Å². The Hall–Kier alpha value is -2.76. The third-order valence-electron chi connectivity index (χ3n) is 2.94. The Bertz CT molecular complexity index is 668. The molecule has 0 fully saturated rings. The minimum absolute atomic E-state index is 0.275. The maximum Gasteiger partial charge on any atom is 0.454 e. The smallest absolute Gasteiger partial charge is 0.454 e. The predicted octanol–water partition coefficient (Wildman–Crippen LogP) is 4.01. The van der Waals surface area contributed by atoms with Crippen molar-refractivity contribution in [2.75, 3.05) is 0 Å². The van der Waals surface area contributed by atoms with Crippen LogP contribution in [0.15, 0.2) is 58.8 Å². The molecule has 0 spiro atoms. The van der Waals surface area contributed by atoms with Gasteiger partial charge in [0, 0.05) is 5.56 Å². The molecule has 1 unspecified atom stereocenters. The van der Waals surface area contributed by atoms with E-state index in [0.717, 1.165) is 11.1 Å². The fourth-order valence-electron chi connectivity index (χ4n) is 1.85. The average Bonchev–Trinajstić information content (AvgIpc) is 2.94. The van der Waals surface area contributed by atoms with Gasteiger partial charge in [0.2, 0.25) is 6.23 Å². The fourth-order valence-corrected chi connectivity index (χ4v) is 1.85. The first-order valence-corrected chi connectivity index (χ1v) is 6.29. The molecule has 106 valence electrons. The number of cyclic esters (lactones) is 1. The fraction of sp³-hybridized carbons (Fsp3) is 0.133. The number of nitrogens with zero attached hydrogens (tertiary/aromatic N) is 2. The van der Waals surface area contributed by atoms with Gasteiger partial charge in [-0.2, -0.15) is 0 Å². The highest BCUT2D eigenvalue weighted by Gasteiger charge is 2.21. The van der Waals surface area contributed by atoms with Crippen molar-refractivity contribution in [3.05, 3.63) is 65.5 Å². The van der Waals surface area contributed by atoms with Crippen molar-refractivity contribution in [3.8, 4) is 5.75 Å². The van der Waals surface area contributed by atoms with Gasteiger partial charge in [0.25, 0.3) is 0 Å². The number of hydrogen-bond donors (Lipinski definition) is 0. The standard InChI is InChI=1S/C15H11FN2O3/c16-12-5-1-10(2-6-12)9-20-13-7-3-11(4-8-13)14-17-18-15(19)21-14/h1-8,14H,9H2. The third-order valence-corrected chi connectivity index (χ3v) is 2.94. The Morgan fingerprint density at radius 2 is 1.81 bits per heavy atom. The van der Waals surface area contributed by atoms with E-state index in [-0.39, 0.29) is 5.82 Å². The van der Waals surface area contributed by atoms with Gasteiger partial charge in [0.1, 0.15) is 18.2 Å². The predicted molar refractivity (Wildman–Crippen MR) is 71.3 cm³/mol. The number of ether oxygens (including phenoxy) is 2. The summed E-state index contributed by atoms with van der Waals surface area (Å²) in [6.45, 7) is 0.345. The molecule has 6 heteroatoms. The van der Waals surface area contributed by atoms with Crippen LogP contribution >= 0.6 is 0 Å². The number of carbonyl (C=O) groups excluding carboxylic acids is 1. The lowest BCUT2D eigenvalue weighted by atomic mass is 10.2. The molecule has 0 aliphatic carbocycles. The molecule has 5 nitrogen and oxygen atoms in total. The summed E-state index contributed by atoms with van der Waals surface area (Å²) in [5.41, 5.74) is 1.60. The number of azo groups is 1. The van der Waals surface area contributed by atoms with Crippen LogP contribution in [0.4, 0.5) is 9.18 Å². The molecule has 3 rings (SSSR count). The first kappa shape index (κ1) is 13.2. The third kappa shape index (κ3) is 3.22. The zero-order valence-electron chi connectivity index (χ0n) is 10.9. The van der Waals surface area contributed by atoms with E-state index in [1.54, 1.807) is 36.4 Å². The number of rotatable bonds is 4. The van der Waals surface area contributed by atoms with Gasteiger partial charge >= 0.3 is 6.09 Å². The monoisotopic (exact) mass is 286 g/mol. The Morgan fingerprint density at radius 1 is 1.10 bits per heavy atom. The van der Waals surface area contributed by atoms with Crippen molar-refractivity contribution in [1.29, 1.82) is 0 Å². The lowest BCUT2D eigenvalue weighted by Gasteiger charge is -2.09. The maximum absolute atomic E-state index is 12.8. The highest BCUT2D eigenvalue weighted by molar-refractivity contribution is 5.69. The second-order valence-corrected chi connectivity index (χ2v) is 4.44. The summed E-state index contributed by atoms with van der Waals surface area (Å²) >= 11 is 0. The number of amides is 1. The van der Waals surface area contributed by atoms with Gasteiger partial charge in [-0.05, 0) is 42.0 Å². The van der Waals surface area contributed by atoms with Crippen LogP contribution in [-0.2, 0) is 11.3 Å². The van der Waals surface area contributed by atoms with E-state index in [4.69, 9.17) is 9.47 Å². The topological polar surface area (TPSA) is 60.2 Å². The van der Waals surface area contributed by atoms with Crippen LogP contribution in [0.1, 0.15) is 17.4 Å². The normalized spacial score (nSPS) is 16.8. The lowest BCUT2D eigenvalue weighted by Crippen LogP contribution is -1.99. The number of benzene rings is 2. The van der Waals surface area contributed by atoms with Crippen molar-refractivity contribution in [2.45, 2.75) is 12.8 Å². The molecule has 0 radical (unpaired) electrons. The van der Waals surface area contributed by atoms with Gasteiger partial charge in [-0.25, -0.2) is 9.18 Å². The van der Waals surface area contributed by atoms with Gasteiger partial charge in [-0.15, -0.1) is 5.11 Å².